The molecular weight excluding hydrogens is 422 g/mol. The highest BCUT2D eigenvalue weighted by Crippen LogP contribution is 2.45. The fraction of sp³-hybridized carbons (Fsp3) is 0.269. The van der Waals surface area contributed by atoms with Crippen molar-refractivity contribution in [3.8, 4) is 11.3 Å². The van der Waals surface area contributed by atoms with Gasteiger partial charge in [-0.3, -0.25) is 14.5 Å². The number of benzene rings is 2. The van der Waals surface area contributed by atoms with Crippen LogP contribution in [0.15, 0.2) is 54.7 Å². The van der Waals surface area contributed by atoms with E-state index in [0.29, 0.717) is 17.5 Å². The molecule has 1 saturated heterocycles. The molecule has 2 bridgehead atoms. The van der Waals surface area contributed by atoms with E-state index in [1.807, 2.05) is 35.2 Å². The summed E-state index contributed by atoms with van der Waals surface area (Å²) in [5.74, 6) is -1.23. The second-order valence-corrected chi connectivity index (χ2v) is 8.92. The molecule has 0 N–H and O–H groups in total. The molecule has 0 spiro atoms. The van der Waals surface area contributed by atoms with Crippen LogP contribution in [0.3, 0.4) is 0 Å². The van der Waals surface area contributed by atoms with Crippen LogP contribution in [0.5, 0.6) is 0 Å². The van der Waals surface area contributed by atoms with E-state index < -0.39 is 11.6 Å². The minimum absolute atomic E-state index is 0.00916. The lowest BCUT2D eigenvalue weighted by Gasteiger charge is -2.45. The molecule has 2 aliphatic heterocycles. The number of carbonyl (C=O) groups is 1. The monoisotopic (exact) mass is 444 g/mol. The molecule has 4 heterocycles. The summed E-state index contributed by atoms with van der Waals surface area (Å²) in [6, 6.07) is 12.9. The number of rotatable bonds is 2. The van der Waals surface area contributed by atoms with E-state index in [9.17, 15) is 13.6 Å². The second kappa shape index (κ2) is 7.47. The van der Waals surface area contributed by atoms with Gasteiger partial charge in [0.2, 0.25) is 0 Å². The van der Waals surface area contributed by atoms with E-state index >= 15 is 0 Å². The molecule has 33 heavy (non-hydrogen) atoms. The summed E-state index contributed by atoms with van der Waals surface area (Å²) >= 11 is 0. The van der Waals surface area contributed by atoms with E-state index in [4.69, 9.17) is 5.10 Å². The Morgan fingerprint density at radius 2 is 1.88 bits per heavy atom. The summed E-state index contributed by atoms with van der Waals surface area (Å²) in [7, 11) is 1.79. The van der Waals surface area contributed by atoms with Crippen molar-refractivity contribution in [2.45, 2.75) is 37.8 Å². The van der Waals surface area contributed by atoms with Gasteiger partial charge in [0.25, 0.3) is 5.91 Å². The number of nitrogens with zero attached hydrogens (tertiary/aromatic N) is 4. The molecule has 0 unspecified atom stereocenters. The van der Waals surface area contributed by atoms with Crippen molar-refractivity contribution < 1.29 is 13.6 Å². The Morgan fingerprint density at radius 1 is 1.06 bits per heavy atom. The van der Waals surface area contributed by atoms with E-state index in [1.165, 1.54) is 12.1 Å². The average molecular weight is 444 g/mol. The Bertz CT molecular complexity index is 1390. The van der Waals surface area contributed by atoms with Crippen LogP contribution in [0.25, 0.3) is 22.2 Å². The van der Waals surface area contributed by atoms with E-state index in [2.05, 4.69) is 4.98 Å². The molecule has 2 aliphatic rings. The number of fused-ring (bicyclic) bond motifs is 5. The van der Waals surface area contributed by atoms with Gasteiger partial charge >= 0.3 is 0 Å². The predicted molar refractivity (Wildman–Crippen MR) is 121 cm³/mol. The molecule has 4 aromatic rings. The number of aromatic nitrogens is 3. The smallest absolute Gasteiger partial charge is 0.254 e. The lowest BCUT2D eigenvalue weighted by Crippen LogP contribution is -2.49. The van der Waals surface area contributed by atoms with E-state index in [1.54, 1.807) is 17.9 Å². The fourth-order valence-corrected chi connectivity index (χ4v) is 5.56. The third kappa shape index (κ3) is 3.22. The lowest BCUT2D eigenvalue weighted by molar-refractivity contribution is 0.0392. The van der Waals surface area contributed by atoms with Crippen molar-refractivity contribution in [2.75, 3.05) is 0 Å². The Balaban J connectivity index is 1.42. The van der Waals surface area contributed by atoms with Gasteiger partial charge in [0, 0.05) is 47.4 Å². The van der Waals surface area contributed by atoms with Gasteiger partial charge in [0.1, 0.15) is 11.6 Å². The average Bonchev–Trinajstić information content (AvgIpc) is 3.13. The van der Waals surface area contributed by atoms with Gasteiger partial charge in [0.05, 0.1) is 22.9 Å². The van der Waals surface area contributed by atoms with Crippen LogP contribution in [0.2, 0.25) is 0 Å². The quantitative estimate of drug-likeness (QED) is 0.427. The number of piperidine rings is 1. The Kier molecular flexibility index (Phi) is 4.54. The molecule has 0 radical (unpaired) electrons. The van der Waals surface area contributed by atoms with Gasteiger partial charge in [-0.05, 0) is 62.1 Å². The molecule has 2 aromatic heterocycles. The first-order valence-corrected chi connectivity index (χ1v) is 11.2. The Hall–Kier alpha value is -3.61. The number of pyridine rings is 1. The minimum atomic E-state index is -0.612. The maximum Gasteiger partial charge on any atom is 0.254 e. The van der Waals surface area contributed by atoms with Gasteiger partial charge in [-0.2, -0.15) is 5.10 Å². The predicted octanol–water partition coefficient (Wildman–Crippen LogP) is 5.21. The van der Waals surface area contributed by atoms with Crippen LogP contribution in [-0.4, -0.2) is 31.6 Å². The normalized spacial score (nSPS) is 19.5. The molecule has 2 atom stereocenters. The van der Waals surface area contributed by atoms with Crippen molar-refractivity contribution in [1.29, 1.82) is 0 Å². The molecule has 1 amide bonds. The van der Waals surface area contributed by atoms with Gasteiger partial charge in [-0.1, -0.05) is 6.07 Å². The zero-order valence-electron chi connectivity index (χ0n) is 18.1. The highest BCUT2D eigenvalue weighted by atomic mass is 19.1. The Morgan fingerprint density at radius 3 is 2.70 bits per heavy atom. The number of carbonyl (C=O) groups excluding carboxylic acids is 1. The SMILES string of the molecule is Cn1nc2c(c1-c1cc(F)cc(F)c1)C[C@H]1CCC[C@@H]2N1C(=O)c1ccc2ncccc2c1. The molecule has 1 fully saturated rings. The highest BCUT2D eigenvalue weighted by molar-refractivity contribution is 5.98. The topological polar surface area (TPSA) is 51.0 Å². The van der Waals surface area contributed by atoms with Gasteiger partial charge in [-0.25, -0.2) is 8.78 Å². The molecule has 5 nitrogen and oxygen atoms in total. The fourth-order valence-electron chi connectivity index (χ4n) is 5.56. The first-order chi connectivity index (χ1) is 16.0. The van der Waals surface area contributed by atoms with Crippen LogP contribution in [0, 0.1) is 11.6 Å². The first kappa shape index (κ1) is 20.0. The maximum atomic E-state index is 14.0. The van der Waals surface area contributed by atoms with Crippen molar-refractivity contribution in [1.82, 2.24) is 19.7 Å². The van der Waals surface area contributed by atoms with Crippen LogP contribution < -0.4 is 0 Å². The summed E-state index contributed by atoms with van der Waals surface area (Å²) in [4.78, 5) is 20.0. The molecule has 6 rings (SSSR count). The number of hydrogen-bond acceptors (Lipinski definition) is 3. The number of hydrogen-bond donors (Lipinski definition) is 0. The van der Waals surface area contributed by atoms with Crippen molar-refractivity contribution in [3.05, 3.63) is 83.2 Å². The molecular formula is C26H22F2N4O. The number of amides is 1. The zero-order chi connectivity index (χ0) is 22.7. The molecule has 0 aliphatic carbocycles. The second-order valence-electron chi connectivity index (χ2n) is 8.92. The summed E-state index contributed by atoms with van der Waals surface area (Å²) in [5.41, 5.74) is 4.52. The van der Waals surface area contributed by atoms with Crippen LogP contribution in [-0.2, 0) is 13.5 Å². The molecule has 7 heteroatoms. The van der Waals surface area contributed by atoms with Crippen molar-refractivity contribution in [2.24, 2.45) is 7.05 Å². The third-order valence-corrected chi connectivity index (χ3v) is 6.90. The van der Waals surface area contributed by atoms with Crippen molar-refractivity contribution in [3.63, 3.8) is 0 Å². The van der Waals surface area contributed by atoms with Crippen LogP contribution in [0.4, 0.5) is 8.78 Å². The highest BCUT2D eigenvalue weighted by Gasteiger charge is 2.43. The summed E-state index contributed by atoms with van der Waals surface area (Å²) < 4.78 is 29.6. The van der Waals surface area contributed by atoms with Gasteiger partial charge < -0.3 is 4.90 Å². The minimum Gasteiger partial charge on any atom is -0.327 e. The lowest BCUT2D eigenvalue weighted by atomic mass is 9.81. The van der Waals surface area contributed by atoms with Crippen LogP contribution >= 0.6 is 0 Å². The third-order valence-electron chi connectivity index (χ3n) is 6.90. The van der Waals surface area contributed by atoms with Gasteiger partial charge in [0.15, 0.2) is 0 Å². The maximum absolute atomic E-state index is 14.0. The largest absolute Gasteiger partial charge is 0.327 e. The van der Waals surface area contributed by atoms with Crippen LogP contribution in [0.1, 0.15) is 46.9 Å². The van der Waals surface area contributed by atoms with E-state index in [-0.39, 0.29) is 18.0 Å². The number of aryl methyl sites for hydroxylation is 1. The molecule has 0 saturated carbocycles. The summed E-state index contributed by atoms with van der Waals surface area (Å²) in [6.07, 6.45) is 5.08. The molecule has 2 aromatic carbocycles. The zero-order valence-corrected chi connectivity index (χ0v) is 18.1. The van der Waals surface area contributed by atoms with Crippen molar-refractivity contribution >= 4 is 16.8 Å². The van der Waals surface area contributed by atoms with Gasteiger partial charge in [-0.15, -0.1) is 0 Å². The summed E-state index contributed by atoms with van der Waals surface area (Å²) in [6.45, 7) is 0. The first-order valence-electron chi connectivity index (χ1n) is 11.2. The summed E-state index contributed by atoms with van der Waals surface area (Å²) in [5, 5.41) is 5.68. The standard InChI is InChI=1S/C26H22F2N4O/c1-31-25(17-11-18(27)13-19(28)12-17)21-14-20-5-2-6-23(24(21)30-31)32(20)26(33)16-7-8-22-15(10-16)4-3-9-29-22/h3-4,7-13,20,23H,2,5-6,14H2,1H3/t20-,23+/m1/s1. The molecule has 166 valence electrons. The Labute approximate surface area is 189 Å². The van der Waals surface area contributed by atoms with E-state index in [0.717, 1.165) is 53.2 Å². The number of halogens is 2.